The van der Waals surface area contributed by atoms with Gasteiger partial charge < -0.3 is 15.4 Å². The van der Waals surface area contributed by atoms with Crippen LogP contribution in [-0.2, 0) is 16.9 Å². The molecule has 1 atom stereocenters. The van der Waals surface area contributed by atoms with E-state index in [0.29, 0.717) is 17.9 Å². The number of halogens is 1. The van der Waals surface area contributed by atoms with Gasteiger partial charge in [-0.2, -0.15) is 5.01 Å². The number of hydrogen-bond donors (Lipinski definition) is 3. The first kappa shape index (κ1) is 19.6. The molecule has 146 valence electrons. The highest BCUT2D eigenvalue weighted by atomic mass is 32.1. The topological polar surface area (TPSA) is 82.7 Å². The molecule has 0 unspecified atom stereocenters. The van der Waals surface area contributed by atoms with E-state index < -0.39 is 17.5 Å². The number of methoxy groups -OCH3 is 1. The van der Waals surface area contributed by atoms with Crippen LogP contribution in [0.5, 0.6) is 5.75 Å². The zero-order chi connectivity index (χ0) is 20.3. The number of carbonyl (C=O) groups excluding carboxylic acids is 2. The lowest BCUT2D eigenvalue weighted by Crippen LogP contribution is -2.51. The van der Waals surface area contributed by atoms with Crippen LogP contribution in [0, 0.1) is 5.82 Å². The number of imide groups is 1. The molecule has 1 heterocycles. The Hall–Kier alpha value is -3.20. The van der Waals surface area contributed by atoms with Crippen LogP contribution in [0.2, 0.25) is 0 Å². The zero-order valence-electron chi connectivity index (χ0n) is 15.3. The van der Waals surface area contributed by atoms with Crippen molar-refractivity contribution in [3.05, 3.63) is 65.5 Å². The van der Waals surface area contributed by atoms with E-state index in [-0.39, 0.29) is 10.9 Å². The second-order valence-electron chi connectivity index (χ2n) is 6.35. The minimum absolute atomic E-state index is 0.0858. The van der Waals surface area contributed by atoms with Crippen LogP contribution in [0.15, 0.2) is 48.5 Å². The Kier molecular flexibility index (Phi) is 5.46. The van der Waals surface area contributed by atoms with E-state index in [1.807, 2.05) is 0 Å². The number of amides is 3. The SMILES string of the molecule is COc1cccc([C@@]2(C)NC(=O)N(NC(=S)NCc3ccc(F)cc3)C2=O)c1. The quantitative estimate of drug-likeness (QED) is 0.525. The van der Waals surface area contributed by atoms with Gasteiger partial charge in [-0.1, -0.05) is 24.3 Å². The van der Waals surface area contributed by atoms with E-state index in [9.17, 15) is 14.0 Å². The minimum Gasteiger partial charge on any atom is -0.497 e. The predicted octanol–water partition coefficient (Wildman–Crippen LogP) is 2.18. The number of benzene rings is 2. The lowest BCUT2D eigenvalue weighted by atomic mass is 9.92. The van der Waals surface area contributed by atoms with Gasteiger partial charge in [-0.3, -0.25) is 10.2 Å². The van der Waals surface area contributed by atoms with E-state index in [1.165, 1.54) is 19.2 Å². The average molecular weight is 402 g/mol. The Balaban J connectivity index is 1.67. The fourth-order valence-corrected chi connectivity index (χ4v) is 2.96. The summed E-state index contributed by atoms with van der Waals surface area (Å²) in [6.07, 6.45) is 0. The molecule has 1 fully saturated rings. The van der Waals surface area contributed by atoms with Gasteiger partial charge in [0.15, 0.2) is 5.11 Å². The zero-order valence-corrected chi connectivity index (χ0v) is 16.1. The van der Waals surface area contributed by atoms with E-state index >= 15 is 0 Å². The minimum atomic E-state index is -1.26. The van der Waals surface area contributed by atoms with Crippen LogP contribution in [0.3, 0.4) is 0 Å². The normalized spacial score (nSPS) is 18.6. The van der Waals surface area contributed by atoms with E-state index in [4.69, 9.17) is 17.0 Å². The van der Waals surface area contributed by atoms with Crippen molar-refractivity contribution in [3.63, 3.8) is 0 Å². The van der Waals surface area contributed by atoms with Gasteiger partial charge in [0.25, 0.3) is 5.91 Å². The Bertz CT molecular complexity index is 922. The lowest BCUT2D eigenvalue weighted by molar-refractivity contribution is -0.132. The molecule has 9 heteroatoms. The number of urea groups is 1. The number of carbonyl (C=O) groups is 2. The van der Waals surface area contributed by atoms with Crippen LogP contribution in [0.1, 0.15) is 18.1 Å². The molecule has 3 N–H and O–H groups in total. The summed E-state index contributed by atoms with van der Waals surface area (Å²) in [5, 5.41) is 6.47. The number of nitrogens with zero attached hydrogens (tertiary/aromatic N) is 1. The number of ether oxygens (including phenoxy) is 1. The highest BCUT2D eigenvalue weighted by Gasteiger charge is 2.49. The fraction of sp³-hybridized carbons (Fsp3) is 0.211. The molecule has 2 aromatic rings. The Morgan fingerprint density at radius 3 is 2.64 bits per heavy atom. The monoisotopic (exact) mass is 402 g/mol. The summed E-state index contributed by atoms with van der Waals surface area (Å²) >= 11 is 5.16. The van der Waals surface area contributed by atoms with Gasteiger partial charge in [0.05, 0.1) is 7.11 Å². The first-order chi connectivity index (χ1) is 13.3. The van der Waals surface area contributed by atoms with E-state index in [2.05, 4.69) is 16.1 Å². The third-order valence-electron chi connectivity index (χ3n) is 4.42. The molecular formula is C19H19FN4O3S. The van der Waals surface area contributed by atoms with Crippen molar-refractivity contribution in [2.24, 2.45) is 0 Å². The van der Waals surface area contributed by atoms with Gasteiger partial charge in [-0.25, -0.2) is 9.18 Å². The fourth-order valence-electron chi connectivity index (χ4n) is 2.80. The summed E-state index contributed by atoms with van der Waals surface area (Å²) in [5.74, 6) is -0.263. The van der Waals surface area contributed by atoms with Crippen molar-refractivity contribution in [1.29, 1.82) is 0 Å². The smallest absolute Gasteiger partial charge is 0.344 e. The summed E-state index contributed by atoms with van der Waals surface area (Å²) in [7, 11) is 1.52. The van der Waals surface area contributed by atoms with E-state index in [1.54, 1.807) is 43.3 Å². The number of hydrazine groups is 1. The Morgan fingerprint density at radius 1 is 1.25 bits per heavy atom. The Labute approximate surface area is 166 Å². The molecule has 0 radical (unpaired) electrons. The summed E-state index contributed by atoms with van der Waals surface area (Å²) in [5.41, 5.74) is 2.72. The predicted molar refractivity (Wildman–Crippen MR) is 105 cm³/mol. The molecule has 1 aliphatic rings. The summed E-state index contributed by atoms with van der Waals surface area (Å²) in [4.78, 5) is 25.2. The van der Waals surface area contributed by atoms with Crippen molar-refractivity contribution in [2.45, 2.75) is 19.0 Å². The highest BCUT2D eigenvalue weighted by Crippen LogP contribution is 2.30. The number of rotatable bonds is 5. The first-order valence-electron chi connectivity index (χ1n) is 8.43. The van der Waals surface area contributed by atoms with Crippen molar-refractivity contribution in [1.82, 2.24) is 21.1 Å². The second-order valence-corrected chi connectivity index (χ2v) is 6.76. The molecular weight excluding hydrogens is 383 g/mol. The molecule has 28 heavy (non-hydrogen) atoms. The molecule has 1 saturated heterocycles. The summed E-state index contributed by atoms with van der Waals surface area (Å²) < 4.78 is 18.1. The van der Waals surface area contributed by atoms with Gasteiger partial charge in [0.2, 0.25) is 0 Å². The standard InChI is InChI=1S/C19H19FN4O3S/c1-19(13-4-3-5-15(10-13)27-2)16(25)24(18(26)22-19)23-17(28)21-11-12-6-8-14(20)9-7-12/h3-10H,11H2,1-2H3,(H,22,26)(H2,21,23,28)/t19-/m1/s1. The van der Waals surface area contributed by atoms with Crippen LogP contribution in [-0.4, -0.2) is 29.2 Å². The summed E-state index contributed by atoms with van der Waals surface area (Å²) in [6.45, 7) is 1.92. The number of thiocarbonyl (C=S) groups is 1. The third kappa shape index (κ3) is 3.89. The van der Waals surface area contributed by atoms with Gasteiger partial charge in [0, 0.05) is 6.54 Å². The van der Waals surface area contributed by atoms with Crippen LogP contribution < -0.4 is 20.8 Å². The highest BCUT2D eigenvalue weighted by molar-refractivity contribution is 7.80. The van der Waals surface area contributed by atoms with Gasteiger partial charge in [0.1, 0.15) is 17.1 Å². The molecule has 0 spiro atoms. The maximum Gasteiger partial charge on any atom is 0.344 e. The van der Waals surface area contributed by atoms with Crippen molar-refractivity contribution >= 4 is 29.3 Å². The molecule has 1 aliphatic heterocycles. The number of hydrogen-bond acceptors (Lipinski definition) is 4. The van der Waals surface area contributed by atoms with Crippen LogP contribution in [0.4, 0.5) is 9.18 Å². The van der Waals surface area contributed by atoms with Gasteiger partial charge >= 0.3 is 6.03 Å². The molecule has 0 aliphatic carbocycles. The van der Waals surface area contributed by atoms with Crippen molar-refractivity contribution in [3.8, 4) is 5.75 Å². The van der Waals surface area contributed by atoms with Gasteiger partial charge in [-0.15, -0.1) is 0 Å². The molecule has 2 aromatic carbocycles. The number of nitrogens with one attached hydrogen (secondary N) is 3. The van der Waals surface area contributed by atoms with Crippen molar-refractivity contribution < 1.29 is 18.7 Å². The lowest BCUT2D eigenvalue weighted by Gasteiger charge is -2.23. The van der Waals surface area contributed by atoms with E-state index in [0.717, 1.165) is 10.6 Å². The largest absolute Gasteiger partial charge is 0.497 e. The second kappa shape index (κ2) is 7.81. The van der Waals surface area contributed by atoms with Crippen molar-refractivity contribution in [2.75, 3.05) is 7.11 Å². The molecule has 0 aromatic heterocycles. The molecule has 3 rings (SSSR count). The first-order valence-corrected chi connectivity index (χ1v) is 8.84. The molecule has 3 amide bonds. The molecule has 0 saturated carbocycles. The summed E-state index contributed by atoms with van der Waals surface area (Å²) in [6, 6.07) is 12.2. The Morgan fingerprint density at radius 2 is 1.96 bits per heavy atom. The maximum atomic E-state index is 12.9. The van der Waals surface area contributed by atoms with Crippen LogP contribution in [0.25, 0.3) is 0 Å². The van der Waals surface area contributed by atoms with Gasteiger partial charge in [-0.05, 0) is 54.5 Å². The molecule has 7 nitrogen and oxygen atoms in total. The average Bonchev–Trinajstić information content (AvgIpc) is 2.91. The molecule has 0 bridgehead atoms. The van der Waals surface area contributed by atoms with Crippen LogP contribution >= 0.6 is 12.2 Å². The maximum absolute atomic E-state index is 12.9. The third-order valence-corrected chi connectivity index (χ3v) is 4.65.